The molecule has 0 aromatic carbocycles. The molecule has 0 bridgehead atoms. The monoisotopic (exact) mass is 168 g/mol. The highest BCUT2D eigenvalue weighted by molar-refractivity contribution is 4.64. The maximum absolute atomic E-state index is 2.44. The summed E-state index contributed by atoms with van der Waals surface area (Å²) in [5.41, 5.74) is 0. The summed E-state index contributed by atoms with van der Waals surface area (Å²) < 4.78 is 0. The molecule has 0 N–H and O–H groups in total. The first-order chi connectivity index (χ1) is 5.80. The van der Waals surface area contributed by atoms with Gasteiger partial charge in [0.15, 0.2) is 0 Å². The van der Waals surface area contributed by atoms with Crippen molar-refractivity contribution in [1.29, 1.82) is 0 Å². The highest BCUT2D eigenvalue weighted by Crippen LogP contribution is 2.25. The molecule has 0 amide bonds. The highest BCUT2D eigenvalue weighted by atomic mass is 14.2. The summed E-state index contributed by atoms with van der Waals surface area (Å²) in [7, 11) is 0. The fraction of sp³-hybridized carbons (Fsp3) is 1.00. The minimum atomic E-state index is 0.975. The van der Waals surface area contributed by atoms with E-state index in [1.807, 2.05) is 0 Å². The van der Waals surface area contributed by atoms with Crippen LogP contribution in [0.3, 0.4) is 0 Å². The number of hydrogen-bond donors (Lipinski definition) is 0. The van der Waals surface area contributed by atoms with E-state index in [4.69, 9.17) is 0 Å². The van der Waals surface area contributed by atoms with Gasteiger partial charge in [0.25, 0.3) is 0 Å². The molecule has 2 atom stereocenters. The van der Waals surface area contributed by atoms with Crippen LogP contribution in [-0.4, -0.2) is 0 Å². The molecule has 0 aliphatic heterocycles. The molecule has 0 aromatic rings. The minimum absolute atomic E-state index is 0.975. The van der Waals surface area contributed by atoms with E-state index in [-0.39, 0.29) is 0 Å². The van der Waals surface area contributed by atoms with Gasteiger partial charge in [-0.25, -0.2) is 0 Å². The standard InChI is InChI=1S/C12H24/c1-11-9-7-5-3-4-6-8-10-12(11)2/h11-12H,3-10H2,1-2H3. The molecule has 0 aromatic heterocycles. The first kappa shape index (κ1) is 10.1. The lowest BCUT2D eigenvalue weighted by Crippen LogP contribution is -2.08. The van der Waals surface area contributed by atoms with Crippen molar-refractivity contribution in [2.24, 2.45) is 11.8 Å². The summed E-state index contributed by atoms with van der Waals surface area (Å²) in [4.78, 5) is 0. The Hall–Kier alpha value is 0. The van der Waals surface area contributed by atoms with Crippen LogP contribution in [0.1, 0.15) is 65.2 Å². The van der Waals surface area contributed by atoms with Gasteiger partial charge in [0.05, 0.1) is 0 Å². The summed E-state index contributed by atoms with van der Waals surface area (Å²) in [5, 5.41) is 0. The second-order valence-corrected chi connectivity index (χ2v) is 4.65. The van der Waals surface area contributed by atoms with Crippen molar-refractivity contribution in [1.82, 2.24) is 0 Å². The van der Waals surface area contributed by atoms with Crippen molar-refractivity contribution in [3.05, 3.63) is 0 Å². The van der Waals surface area contributed by atoms with E-state index in [9.17, 15) is 0 Å². The zero-order chi connectivity index (χ0) is 8.81. The van der Waals surface area contributed by atoms with E-state index in [1.165, 1.54) is 51.4 Å². The van der Waals surface area contributed by atoms with Crippen molar-refractivity contribution in [2.75, 3.05) is 0 Å². The van der Waals surface area contributed by atoms with Crippen LogP contribution in [0, 0.1) is 11.8 Å². The van der Waals surface area contributed by atoms with Crippen molar-refractivity contribution in [3.63, 3.8) is 0 Å². The Morgan fingerprint density at radius 1 is 0.583 bits per heavy atom. The van der Waals surface area contributed by atoms with Crippen LogP contribution < -0.4 is 0 Å². The third-order valence-corrected chi connectivity index (χ3v) is 3.54. The van der Waals surface area contributed by atoms with Crippen LogP contribution in [0.15, 0.2) is 0 Å². The third kappa shape index (κ3) is 3.60. The van der Waals surface area contributed by atoms with Gasteiger partial charge in [-0.05, 0) is 11.8 Å². The second kappa shape index (κ2) is 5.61. The molecular formula is C12H24. The van der Waals surface area contributed by atoms with Gasteiger partial charge < -0.3 is 0 Å². The molecule has 0 nitrogen and oxygen atoms in total. The first-order valence-corrected chi connectivity index (χ1v) is 5.80. The van der Waals surface area contributed by atoms with Gasteiger partial charge in [-0.15, -0.1) is 0 Å². The van der Waals surface area contributed by atoms with Crippen LogP contribution >= 0.6 is 0 Å². The number of rotatable bonds is 0. The van der Waals surface area contributed by atoms with Gasteiger partial charge in [-0.3, -0.25) is 0 Å². The Balaban J connectivity index is 2.26. The third-order valence-electron chi connectivity index (χ3n) is 3.54. The molecule has 1 aliphatic carbocycles. The topological polar surface area (TPSA) is 0 Å². The van der Waals surface area contributed by atoms with Gasteiger partial charge in [0.1, 0.15) is 0 Å². The molecule has 1 rings (SSSR count). The molecule has 0 radical (unpaired) electrons. The van der Waals surface area contributed by atoms with Crippen molar-refractivity contribution in [3.8, 4) is 0 Å². The average Bonchev–Trinajstić information content (AvgIpc) is 2.08. The van der Waals surface area contributed by atoms with Crippen LogP contribution in [-0.2, 0) is 0 Å². The largest absolute Gasteiger partial charge is 0.0623 e. The molecule has 0 spiro atoms. The van der Waals surface area contributed by atoms with E-state index >= 15 is 0 Å². The lowest BCUT2D eigenvalue weighted by Gasteiger charge is -2.21. The molecule has 0 heteroatoms. The maximum Gasteiger partial charge on any atom is -0.0417 e. The Morgan fingerprint density at radius 2 is 0.917 bits per heavy atom. The Morgan fingerprint density at radius 3 is 1.33 bits per heavy atom. The summed E-state index contributed by atoms with van der Waals surface area (Å²) in [6, 6.07) is 0. The Labute approximate surface area is 77.7 Å². The zero-order valence-electron chi connectivity index (χ0n) is 8.81. The molecule has 12 heavy (non-hydrogen) atoms. The fourth-order valence-electron chi connectivity index (χ4n) is 2.21. The normalized spacial score (nSPS) is 34.5. The molecule has 1 saturated carbocycles. The summed E-state index contributed by atoms with van der Waals surface area (Å²) >= 11 is 0. The quantitative estimate of drug-likeness (QED) is 0.503. The highest BCUT2D eigenvalue weighted by Gasteiger charge is 2.12. The van der Waals surface area contributed by atoms with Crippen LogP contribution in [0.2, 0.25) is 0 Å². The first-order valence-electron chi connectivity index (χ1n) is 5.80. The predicted octanol–water partition coefficient (Wildman–Crippen LogP) is 4.39. The Bertz CT molecular complexity index is 92.6. The van der Waals surface area contributed by atoms with Gasteiger partial charge in [-0.2, -0.15) is 0 Å². The van der Waals surface area contributed by atoms with Crippen LogP contribution in [0.25, 0.3) is 0 Å². The molecule has 0 heterocycles. The molecular weight excluding hydrogens is 144 g/mol. The lowest BCUT2D eigenvalue weighted by atomic mass is 9.85. The van der Waals surface area contributed by atoms with E-state index in [1.54, 1.807) is 0 Å². The van der Waals surface area contributed by atoms with Crippen LogP contribution in [0.4, 0.5) is 0 Å². The maximum atomic E-state index is 2.44. The summed E-state index contributed by atoms with van der Waals surface area (Å²) in [6.45, 7) is 4.87. The predicted molar refractivity (Wildman–Crippen MR) is 55.3 cm³/mol. The van der Waals surface area contributed by atoms with Crippen molar-refractivity contribution >= 4 is 0 Å². The van der Waals surface area contributed by atoms with Gasteiger partial charge in [0.2, 0.25) is 0 Å². The van der Waals surface area contributed by atoms with Gasteiger partial charge in [-0.1, -0.05) is 65.2 Å². The van der Waals surface area contributed by atoms with Crippen LogP contribution in [0.5, 0.6) is 0 Å². The van der Waals surface area contributed by atoms with E-state index in [0.29, 0.717) is 0 Å². The second-order valence-electron chi connectivity index (χ2n) is 4.65. The van der Waals surface area contributed by atoms with Gasteiger partial charge >= 0.3 is 0 Å². The lowest BCUT2D eigenvalue weighted by molar-refractivity contribution is 0.313. The van der Waals surface area contributed by atoms with Crippen molar-refractivity contribution in [2.45, 2.75) is 65.2 Å². The SMILES string of the molecule is CC1CCCCCCCCC1C. The molecule has 2 unspecified atom stereocenters. The van der Waals surface area contributed by atoms with Gasteiger partial charge in [0, 0.05) is 0 Å². The minimum Gasteiger partial charge on any atom is -0.0623 e. The van der Waals surface area contributed by atoms with Crippen molar-refractivity contribution < 1.29 is 0 Å². The number of hydrogen-bond acceptors (Lipinski definition) is 0. The van der Waals surface area contributed by atoms with E-state index < -0.39 is 0 Å². The summed E-state index contributed by atoms with van der Waals surface area (Å²) in [6.07, 6.45) is 11.8. The van der Waals surface area contributed by atoms with E-state index in [0.717, 1.165) is 11.8 Å². The molecule has 72 valence electrons. The molecule has 0 saturated heterocycles. The zero-order valence-corrected chi connectivity index (χ0v) is 8.81. The fourth-order valence-corrected chi connectivity index (χ4v) is 2.21. The summed E-state index contributed by atoms with van der Waals surface area (Å²) in [5.74, 6) is 1.95. The molecule has 1 fully saturated rings. The molecule has 1 aliphatic rings. The average molecular weight is 168 g/mol. The smallest absolute Gasteiger partial charge is 0.0417 e. The van der Waals surface area contributed by atoms with E-state index in [2.05, 4.69) is 13.8 Å². The Kier molecular flexibility index (Phi) is 4.72.